The SMILES string of the molecule is Cn1ncc(NCc2cc(Br)cc3c2OCC3)c(Cl)c1=O. The lowest BCUT2D eigenvalue weighted by atomic mass is 10.1. The number of aromatic nitrogens is 2. The zero-order valence-electron chi connectivity index (χ0n) is 11.3. The van der Waals surface area contributed by atoms with Crippen molar-refractivity contribution < 1.29 is 4.74 Å². The van der Waals surface area contributed by atoms with Gasteiger partial charge in [0.1, 0.15) is 10.8 Å². The Morgan fingerprint density at radius 2 is 2.33 bits per heavy atom. The van der Waals surface area contributed by atoms with Gasteiger partial charge in [0, 0.05) is 30.0 Å². The second kappa shape index (κ2) is 5.69. The van der Waals surface area contributed by atoms with Crippen LogP contribution in [0.4, 0.5) is 5.69 Å². The fraction of sp³-hybridized carbons (Fsp3) is 0.286. The van der Waals surface area contributed by atoms with Gasteiger partial charge in [0.25, 0.3) is 5.56 Å². The van der Waals surface area contributed by atoms with Crippen molar-refractivity contribution >= 4 is 33.2 Å². The van der Waals surface area contributed by atoms with E-state index in [1.807, 2.05) is 6.07 Å². The van der Waals surface area contributed by atoms with Gasteiger partial charge in [-0.1, -0.05) is 27.5 Å². The summed E-state index contributed by atoms with van der Waals surface area (Å²) < 4.78 is 7.88. The maximum atomic E-state index is 11.7. The number of ether oxygens (including phenoxy) is 1. The molecule has 0 spiro atoms. The van der Waals surface area contributed by atoms with Gasteiger partial charge in [0.2, 0.25) is 0 Å². The number of rotatable bonds is 3. The molecule has 0 amide bonds. The van der Waals surface area contributed by atoms with E-state index in [9.17, 15) is 4.79 Å². The fourth-order valence-electron chi connectivity index (χ4n) is 2.30. The predicted octanol–water partition coefficient (Wildman–Crippen LogP) is 2.74. The molecule has 7 heteroatoms. The van der Waals surface area contributed by atoms with Gasteiger partial charge in [-0.25, -0.2) is 4.68 Å². The Hall–Kier alpha value is -1.53. The highest BCUT2D eigenvalue weighted by atomic mass is 79.9. The fourth-order valence-corrected chi connectivity index (χ4v) is 3.09. The Kier molecular flexibility index (Phi) is 3.91. The Labute approximate surface area is 135 Å². The third-order valence-corrected chi connectivity index (χ3v) is 4.20. The minimum atomic E-state index is -0.322. The number of halogens is 2. The number of hydrogen-bond donors (Lipinski definition) is 1. The first-order valence-electron chi connectivity index (χ1n) is 6.46. The largest absolute Gasteiger partial charge is 0.493 e. The van der Waals surface area contributed by atoms with Crippen molar-refractivity contribution in [3.05, 3.63) is 49.3 Å². The van der Waals surface area contributed by atoms with Gasteiger partial charge < -0.3 is 10.1 Å². The standard InChI is InChI=1S/C14H13BrClN3O2/c1-19-14(20)12(16)11(7-18-19)17-6-9-5-10(15)4-8-2-3-21-13(8)9/h4-5,7,17H,2-3,6H2,1H3. The van der Waals surface area contributed by atoms with Gasteiger partial charge in [-0.2, -0.15) is 5.10 Å². The molecule has 1 aromatic heterocycles. The quantitative estimate of drug-likeness (QED) is 0.902. The normalized spacial score (nSPS) is 12.9. The molecule has 21 heavy (non-hydrogen) atoms. The molecule has 0 aliphatic carbocycles. The number of nitrogens with one attached hydrogen (secondary N) is 1. The van der Waals surface area contributed by atoms with E-state index in [1.54, 1.807) is 13.2 Å². The van der Waals surface area contributed by atoms with Crippen LogP contribution in [0.5, 0.6) is 5.75 Å². The van der Waals surface area contributed by atoms with Crippen LogP contribution >= 0.6 is 27.5 Å². The van der Waals surface area contributed by atoms with Gasteiger partial charge in [-0.3, -0.25) is 4.79 Å². The topological polar surface area (TPSA) is 56.1 Å². The molecule has 2 aromatic rings. The van der Waals surface area contributed by atoms with Gasteiger partial charge in [0.15, 0.2) is 0 Å². The third-order valence-electron chi connectivity index (χ3n) is 3.37. The smallest absolute Gasteiger partial charge is 0.287 e. The molecule has 0 radical (unpaired) electrons. The molecular weight excluding hydrogens is 358 g/mol. The minimum absolute atomic E-state index is 0.139. The summed E-state index contributed by atoms with van der Waals surface area (Å²) >= 11 is 9.54. The van der Waals surface area contributed by atoms with Gasteiger partial charge in [-0.05, 0) is 17.7 Å². The van der Waals surface area contributed by atoms with Crippen molar-refractivity contribution in [3.8, 4) is 5.75 Å². The van der Waals surface area contributed by atoms with Crippen LogP contribution in [0.3, 0.4) is 0 Å². The van der Waals surface area contributed by atoms with Crippen LogP contribution in [0.25, 0.3) is 0 Å². The molecule has 0 atom stereocenters. The molecular formula is C14H13BrClN3O2. The van der Waals surface area contributed by atoms with Gasteiger partial charge in [-0.15, -0.1) is 0 Å². The maximum absolute atomic E-state index is 11.7. The molecule has 2 heterocycles. The van der Waals surface area contributed by atoms with E-state index >= 15 is 0 Å². The van der Waals surface area contributed by atoms with Gasteiger partial charge in [0.05, 0.1) is 18.5 Å². The second-order valence-corrected chi connectivity index (χ2v) is 6.10. The molecule has 110 valence electrons. The highest BCUT2D eigenvalue weighted by Crippen LogP contribution is 2.33. The zero-order chi connectivity index (χ0) is 15.0. The van der Waals surface area contributed by atoms with Crippen molar-refractivity contribution in [2.24, 2.45) is 7.05 Å². The average molecular weight is 371 g/mol. The summed E-state index contributed by atoms with van der Waals surface area (Å²) in [6.07, 6.45) is 2.46. The Morgan fingerprint density at radius 3 is 3.14 bits per heavy atom. The third kappa shape index (κ3) is 2.78. The molecule has 1 aromatic carbocycles. The number of anilines is 1. The van der Waals surface area contributed by atoms with E-state index in [0.717, 1.165) is 22.2 Å². The molecule has 0 unspecified atom stereocenters. The molecule has 0 saturated carbocycles. The van der Waals surface area contributed by atoms with E-state index in [1.165, 1.54) is 10.2 Å². The van der Waals surface area contributed by atoms with E-state index < -0.39 is 0 Å². The first-order chi connectivity index (χ1) is 10.1. The molecule has 1 aliphatic rings. The number of hydrogen-bond acceptors (Lipinski definition) is 4. The van der Waals surface area contributed by atoms with Crippen LogP contribution in [0.15, 0.2) is 27.6 Å². The van der Waals surface area contributed by atoms with Crippen LogP contribution < -0.4 is 15.6 Å². The van der Waals surface area contributed by atoms with Crippen molar-refractivity contribution in [3.63, 3.8) is 0 Å². The number of aryl methyl sites for hydroxylation is 1. The molecule has 0 bridgehead atoms. The number of nitrogens with zero attached hydrogens (tertiary/aromatic N) is 2. The number of benzene rings is 1. The van der Waals surface area contributed by atoms with Crippen LogP contribution in [0.1, 0.15) is 11.1 Å². The lowest BCUT2D eigenvalue weighted by molar-refractivity contribution is 0.354. The van der Waals surface area contributed by atoms with Crippen LogP contribution in [0.2, 0.25) is 5.02 Å². The Bertz CT molecular complexity index is 761. The maximum Gasteiger partial charge on any atom is 0.287 e. The van der Waals surface area contributed by atoms with Crippen molar-refractivity contribution in [2.45, 2.75) is 13.0 Å². The predicted molar refractivity (Wildman–Crippen MR) is 85.2 cm³/mol. The number of fused-ring (bicyclic) bond motifs is 1. The molecule has 1 N–H and O–H groups in total. The first-order valence-corrected chi connectivity index (χ1v) is 7.63. The summed E-state index contributed by atoms with van der Waals surface area (Å²) in [5, 5.41) is 7.24. The van der Waals surface area contributed by atoms with Crippen molar-refractivity contribution in [1.29, 1.82) is 0 Å². The lowest BCUT2D eigenvalue weighted by Crippen LogP contribution is -2.21. The van der Waals surface area contributed by atoms with E-state index in [0.29, 0.717) is 18.8 Å². The van der Waals surface area contributed by atoms with Crippen LogP contribution in [-0.4, -0.2) is 16.4 Å². The first kappa shape index (κ1) is 14.4. The van der Waals surface area contributed by atoms with Crippen LogP contribution in [-0.2, 0) is 20.0 Å². The summed E-state index contributed by atoms with van der Waals surface area (Å²) in [5.74, 6) is 0.915. The molecule has 1 aliphatic heterocycles. The molecule has 5 nitrogen and oxygen atoms in total. The van der Waals surface area contributed by atoms with Crippen LogP contribution in [0, 0.1) is 0 Å². The highest BCUT2D eigenvalue weighted by molar-refractivity contribution is 9.10. The monoisotopic (exact) mass is 369 g/mol. The summed E-state index contributed by atoms with van der Waals surface area (Å²) in [6.45, 7) is 1.21. The summed E-state index contributed by atoms with van der Waals surface area (Å²) in [7, 11) is 1.56. The summed E-state index contributed by atoms with van der Waals surface area (Å²) in [4.78, 5) is 11.7. The highest BCUT2D eigenvalue weighted by Gasteiger charge is 2.17. The van der Waals surface area contributed by atoms with E-state index in [-0.39, 0.29) is 10.6 Å². The van der Waals surface area contributed by atoms with Crippen molar-refractivity contribution in [2.75, 3.05) is 11.9 Å². The minimum Gasteiger partial charge on any atom is -0.493 e. The summed E-state index contributed by atoms with van der Waals surface area (Å²) in [6, 6.07) is 4.07. The lowest BCUT2D eigenvalue weighted by Gasteiger charge is -2.12. The average Bonchev–Trinajstić information content (AvgIpc) is 2.92. The van der Waals surface area contributed by atoms with Gasteiger partial charge >= 0.3 is 0 Å². The Balaban J connectivity index is 1.86. The van der Waals surface area contributed by atoms with E-state index in [4.69, 9.17) is 16.3 Å². The molecule has 0 fully saturated rings. The second-order valence-electron chi connectivity index (χ2n) is 4.81. The summed E-state index contributed by atoms with van der Waals surface area (Å²) in [5.41, 5.74) is 2.41. The Morgan fingerprint density at radius 1 is 1.52 bits per heavy atom. The molecule has 0 saturated heterocycles. The van der Waals surface area contributed by atoms with E-state index in [2.05, 4.69) is 32.4 Å². The van der Waals surface area contributed by atoms with Crippen molar-refractivity contribution in [1.82, 2.24) is 9.78 Å². The molecule has 3 rings (SSSR count). The zero-order valence-corrected chi connectivity index (χ0v) is 13.7.